The van der Waals surface area contributed by atoms with Gasteiger partial charge in [-0.1, -0.05) is 12.1 Å². The molecule has 0 atom stereocenters. The standard InChI is InChI=1S/C21H19F2N5O/c22-16-4-3-5-17(23)20(16)26-18-8-7-15(14-25-18)21(29)28-12-10-27(11-13-28)19-6-1-2-9-24-19/h1-9,14H,10-13H2,(H,25,26). The molecule has 8 heteroatoms. The Labute approximate surface area is 166 Å². The first-order valence-electron chi connectivity index (χ1n) is 9.24. The van der Waals surface area contributed by atoms with Gasteiger partial charge in [0.05, 0.1) is 5.56 Å². The quantitative estimate of drug-likeness (QED) is 0.733. The number of amides is 1. The number of nitrogens with zero attached hydrogens (tertiary/aromatic N) is 4. The van der Waals surface area contributed by atoms with Gasteiger partial charge in [-0.3, -0.25) is 4.79 Å². The fourth-order valence-electron chi connectivity index (χ4n) is 3.20. The van der Waals surface area contributed by atoms with Crippen molar-refractivity contribution in [1.29, 1.82) is 0 Å². The minimum atomic E-state index is -0.710. The lowest BCUT2D eigenvalue weighted by Crippen LogP contribution is -2.49. The molecule has 0 saturated carbocycles. The molecule has 1 saturated heterocycles. The second-order valence-electron chi connectivity index (χ2n) is 6.62. The Balaban J connectivity index is 1.39. The molecule has 3 heterocycles. The highest BCUT2D eigenvalue weighted by atomic mass is 19.1. The highest BCUT2D eigenvalue weighted by Crippen LogP contribution is 2.22. The molecule has 1 N–H and O–H groups in total. The predicted molar refractivity (Wildman–Crippen MR) is 106 cm³/mol. The molecule has 0 bridgehead atoms. The van der Waals surface area contributed by atoms with E-state index in [1.165, 1.54) is 18.3 Å². The van der Waals surface area contributed by atoms with Gasteiger partial charge in [0, 0.05) is 38.6 Å². The zero-order valence-electron chi connectivity index (χ0n) is 15.6. The number of para-hydroxylation sites is 1. The van der Waals surface area contributed by atoms with Gasteiger partial charge in [-0.25, -0.2) is 18.7 Å². The van der Waals surface area contributed by atoms with E-state index in [-0.39, 0.29) is 17.4 Å². The van der Waals surface area contributed by atoms with Gasteiger partial charge in [-0.05, 0) is 36.4 Å². The van der Waals surface area contributed by atoms with Crippen LogP contribution in [0, 0.1) is 11.6 Å². The lowest BCUT2D eigenvalue weighted by atomic mass is 10.2. The van der Waals surface area contributed by atoms with E-state index in [1.807, 2.05) is 18.2 Å². The summed E-state index contributed by atoms with van der Waals surface area (Å²) in [6.45, 7) is 2.55. The number of hydrogen-bond donors (Lipinski definition) is 1. The number of piperazine rings is 1. The lowest BCUT2D eigenvalue weighted by molar-refractivity contribution is 0.0746. The third-order valence-corrected chi connectivity index (χ3v) is 4.77. The minimum Gasteiger partial charge on any atom is -0.353 e. The van der Waals surface area contributed by atoms with Gasteiger partial charge >= 0.3 is 0 Å². The normalized spacial score (nSPS) is 14.0. The fourth-order valence-corrected chi connectivity index (χ4v) is 3.20. The lowest BCUT2D eigenvalue weighted by Gasteiger charge is -2.35. The van der Waals surface area contributed by atoms with Crippen LogP contribution in [0.2, 0.25) is 0 Å². The number of hydrogen-bond acceptors (Lipinski definition) is 5. The Morgan fingerprint density at radius 2 is 1.66 bits per heavy atom. The van der Waals surface area contributed by atoms with Crippen LogP contribution in [-0.2, 0) is 0 Å². The van der Waals surface area contributed by atoms with Gasteiger partial charge in [0.1, 0.15) is 29.0 Å². The molecule has 2 aromatic heterocycles. The number of pyridine rings is 2. The molecule has 0 spiro atoms. The Morgan fingerprint density at radius 1 is 0.897 bits per heavy atom. The van der Waals surface area contributed by atoms with Gasteiger partial charge in [-0.15, -0.1) is 0 Å². The number of halogens is 2. The van der Waals surface area contributed by atoms with Gasteiger partial charge < -0.3 is 15.1 Å². The first kappa shape index (κ1) is 18.8. The summed E-state index contributed by atoms with van der Waals surface area (Å²) in [5.41, 5.74) is 0.153. The molecule has 1 amide bonds. The van der Waals surface area contributed by atoms with E-state index < -0.39 is 11.6 Å². The predicted octanol–water partition coefficient (Wildman–Crippen LogP) is 3.46. The Morgan fingerprint density at radius 3 is 2.28 bits per heavy atom. The van der Waals surface area contributed by atoms with E-state index in [9.17, 15) is 13.6 Å². The summed E-state index contributed by atoms with van der Waals surface area (Å²) in [4.78, 5) is 25.1. The molecular formula is C21H19F2N5O. The maximum absolute atomic E-state index is 13.7. The van der Waals surface area contributed by atoms with E-state index >= 15 is 0 Å². The van der Waals surface area contributed by atoms with Crippen LogP contribution in [0.3, 0.4) is 0 Å². The maximum Gasteiger partial charge on any atom is 0.255 e. The van der Waals surface area contributed by atoms with Gasteiger partial charge in [0.15, 0.2) is 0 Å². The first-order valence-corrected chi connectivity index (χ1v) is 9.24. The molecule has 4 rings (SSSR count). The van der Waals surface area contributed by atoms with Gasteiger partial charge in [-0.2, -0.15) is 0 Å². The minimum absolute atomic E-state index is 0.123. The van der Waals surface area contributed by atoms with Crippen LogP contribution < -0.4 is 10.2 Å². The number of rotatable bonds is 4. The molecule has 29 heavy (non-hydrogen) atoms. The zero-order valence-corrected chi connectivity index (χ0v) is 15.6. The number of carbonyl (C=O) groups is 1. The average Bonchev–Trinajstić information content (AvgIpc) is 2.77. The van der Waals surface area contributed by atoms with Gasteiger partial charge in [0.2, 0.25) is 0 Å². The molecule has 1 aliphatic heterocycles. The summed E-state index contributed by atoms with van der Waals surface area (Å²) in [7, 11) is 0. The molecule has 148 valence electrons. The number of aromatic nitrogens is 2. The van der Waals surface area contributed by atoms with Crippen molar-refractivity contribution in [1.82, 2.24) is 14.9 Å². The van der Waals surface area contributed by atoms with E-state index in [1.54, 1.807) is 17.2 Å². The van der Waals surface area contributed by atoms with Crippen LogP contribution in [0.25, 0.3) is 0 Å². The highest BCUT2D eigenvalue weighted by molar-refractivity contribution is 5.94. The van der Waals surface area contributed by atoms with Crippen molar-refractivity contribution < 1.29 is 13.6 Å². The SMILES string of the molecule is O=C(c1ccc(Nc2c(F)cccc2F)nc1)N1CCN(c2ccccn2)CC1. The van der Waals surface area contributed by atoms with E-state index in [2.05, 4.69) is 20.2 Å². The van der Waals surface area contributed by atoms with Crippen LogP contribution in [0.4, 0.5) is 26.1 Å². The topological polar surface area (TPSA) is 61.4 Å². The molecule has 0 radical (unpaired) electrons. The summed E-state index contributed by atoms with van der Waals surface area (Å²) >= 11 is 0. The summed E-state index contributed by atoms with van der Waals surface area (Å²) in [5, 5.41) is 2.61. The molecule has 1 aliphatic rings. The second-order valence-corrected chi connectivity index (χ2v) is 6.62. The van der Waals surface area contributed by atoms with Gasteiger partial charge in [0.25, 0.3) is 5.91 Å². The zero-order chi connectivity index (χ0) is 20.2. The molecule has 1 fully saturated rings. The molecule has 0 unspecified atom stereocenters. The van der Waals surface area contributed by atoms with Crippen molar-refractivity contribution in [3.8, 4) is 0 Å². The fraction of sp³-hybridized carbons (Fsp3) is 0.190. The summed E-state index contributed by atoms with van der Waals surface area (Å²) in [6, 6.07) is 12.5. The van der Waals surface area contributed by atoms with Crippen LogP contribution in [0.1, 0.15) is 10.4 Å². The number of anilines is 3. The van der Waals surface area contributed by atoms with Crippen molar-refractivity contribution in [2.45, 2.75) is 0 Å². The Kier molecular flexibility index (Phi) is 5.33. The number of nitrogens with one attached hydrogen (secondary N) is 1. The monoisotopic (exact) mass is 395 g/mol. The van der Waals surface area contributed by atoms with Crippen LogP contribution >= 0.6 is 0 Å². The molecule has 6 nitrogen and oxygen atoms in total. The second kappa shape index (κ2) is 8.22. The molecule has 1 aromatic carbocycles. The molecule has 0 aliphatic carbocycles. The van der Waals surface area contributed by atoms with Crippen LogP contribution in [0.15, 0.2) is 60.9 Å². The Hall–Kier alpha value is -3.55. The van der Waals surface area contributed by atoms with Crippen molar-refractivity contribution in [2.24, 2.45) is 0 Å². The van der Waals surface area contributed by atoms with Crippen molar-refractivity contribution in [3.05, 3.63) is 78.1 Å². The number of benzene rings is 1. The highest BCUT2D eigenvalue weighted by Gasteiger charge is 2.23. The largest absolute Gasteiger partial charge is 0.353 e. The van der Waals surface area contributed by atoms with Crippen molar-refractivity contribution >= 4 is 23.2 Å². The van der Waals surface area contributed by atoms with E-state index in [0.29, 0.717) is 31.7 Å². The van der Waals surface area contributed by atoms with Crippen molar-refractivity contribution in [2.75, 3.05) is 36.4 Å². The average molecular weight is 395 g/mol. The third kappa shape index (κ3) is 4.16. The van der Waals surface area contributed by atoms with Crippen LogP contribution in [-0.4, -0.2) is 47.0 Å². The van der Waals surface area contributed by atoms with E-state index in [4.69, 9.17) is 0 Å². The Bertz CT molecular complexity index is 969. The third-order valence-electron chi connectivity index (χ3n) is 4.77. The van der Waals surface area contributed by atoms with E-state index in [0.717, 1.165) is 18.0 Å². The van der Waals surface area contributed by atoms with Crippen LogP contribution in [0.5, 0.6) is 0 Å². The van der Waals surface area contributed by atoms with Crippen molar-refractivity contribution in [3.63, 3.8) is 0 Å². The summed E-state index contributed by atoms with van der Waals surface area (Å²) in [6.07, 6.45) is 3.16. The summed E-state index contributed by atoms with van der Waals surface area (Å²) < 4.78 is 27.5. The molecular weight excluding hydrogens is 376 g/mol. The number of carbonyl (C=O) groups excluding carboxylic acids is 1. The first-order chi connectivity index (χ1) is 14.1. The summed E-state index contributed by atoms with van der Waals surface area (Å²) in [5.74, 6) is -0.389. The molecule has 3 aromatic rings. The maximum atomic E-state index is 13.7. The smallest absolute Gasteiger partial charge is 0.255 e.